The third-order valence-corrected chi connectivity index (χ3v) is 2.68. The Morgan fingerprint density at radius 1 is 1.32 bits per heavy atom. The van der Waals surface area contributed by atoms with Crippen LogP contribution < -0.4 is 62.6 Å². The first-order chi connectivity index (χ1) is 9.49. The first kappa shape index (κ1) is 19.5. The quantitative estimate of drug-likeness (QED) is 0.709. The van der Waals surface area contributed by atoms with Crippen molar-refractivity contribution in [2.24, 2.45) is 0 Å². The standard InChI is InChI=1S/C12H14BF3N3O2.K/c1-12(2,3)21-11(20)19-9-5-4-7(13(14,15)16)6-8(9)10(17)18-19;/h4-6H,1-3H3,(H2,17,18);/q-1;+1. The molecule has 0 atom stereocenters. The Bertz CT molecular complexity index is 710. The number of carbonyl (C=O) groups excluding carboxylic acids is 1. The van der Waals surface area contributed by atoms with Crippen LogP contribution in [0, 0.1) is 0 Å². The summed E-state index contributed by atoms with van der Waals surface area (Å²) in [5.41, 5.74) is 4.22. The Kier molecular flexibility index (Phi) is 5.78. The third kappa shape index (κ3) is 4.25. The summed E-state index contributed by atoms with van der Waals surface area (Å²) in [4.78, 5) is 12.0. The average Bonchev–Trinajstić information content (AvgIpc) is 2.63. The summed E-state index contributed by atoms with van der Waals surface area (Å²) in [5, 5.41) is 3.82. The second kappa shape index (κ2) is 6.52. The van der Waals surface area contributed by atoms with E-state index in [1.54, 1.807) is 20.8 Å². The fourth-order valence-electron chi connectivity index (χ4n) is 1.81. The molecule has 2 N–H and O–H groups in total. The van der Waals surface area contributed by atoms with Crippen molar-refractivity contribution in [1.82, 2.24) is 9.78 Å². The summed E-state index contributed by atoms with van der Waals surface area (Å²) in [6.45, 7) is -0.130. The van der Waals surface area contributed by atoms with Gasteiger partial charge in [-0.3, -0.25) is 0 Å². The smallest absolute Gasteiger partial charge is 0.445 e. The molecule has 2 aromatic rings. The third-order valence-electron chi connectivity index (χ3n) is 2.68. The molecule has 0 aliphatic heterocycles. The van der Waals surface area contributed by atoms with Crippen LogP contribution in [0.3, 0.4) is 0 Å². The van der Waals surface area contributed by atoms with Crippen LogP contribution in [0.15, 0.2) is 18.2 Å². The molecular formula is C12H14BF3KN3O2. The Morgan fingerprint density at radius 2 is 1.91 bits per heavy atom. The van der Waals surface area contributed by atoms with E-state index in [0.29, 0.717) is 0 Å². The summed E-state index contributed by atoms with van der Waals surface area (Å²) < 4.78 is 44.2. The molecule has 0 saturated carbocycles. The van der Waals surface area contributed by atoms with Crippen LogP contribution >= 0.6 is 0 Å². The van der Waals surface area contributed by atoms with E-state index in [1.165, 1.54) is 0 Å². The van der Waals surface area contributed by atoms with Gasteiger partial charge in [0.1, 0.15) is 5.60 Å². The van der Waals surface area contributed by atoms with Gasteiger partial charge in [0, 0.05) is 5.39 Å². The van der Waals surface area contributed by atoms with Crippen LogP contribution in [0.2, 0.25) is 0 Å². The SMILES string of the molecule is CC(C)(C)OC(=O)n1nc(N)c2cc([B-](F)(F)F)ccc21.[K+]. The molecule has 0 radical (unpaired) electrons. The summed E-state index contributed by atoms with van der Waals surface area (Å²) >= 11 is 0. The number of halogens is 3. The molecular weight excluding hydrogens is 325 g/mol. The Morgan fingerprint density at radius 3 is 2.41 bits per heavy atom. The van der Waals surface area contributed by atoms with Crippen molar-refractivity contribution in [3.05, 3.63) is 18.2 Å². The van der Waals surface area contributed by atoms with E-state index in [-0.39, 0.29) is 68.1 Å². The van der Waals surface area contributed by atoms with Gasteiger partial charge in [-0.15, -0.1) is 10.6 Å². The molecule has 1 aromatic carbocycles. The van der Waals surface area contributed by atoms with Crippen molar-refractivity contribution >= 4 is 35.3 Å². The van der Waals surface area contributed by atoms with E-state index in [0.717, 1.165) is 22.9 Å². The van der Waals surface area contributed by atoms with Crippen molar-refractivity contribution < 1.29 is 73.9 Å². The minimum atomic E-state index is -5.14. The van der Waals surface area contributed by atoms with Gasteiger partial charge in [0.05, 0.1) is 5.52 Å². The van der Waals surface area contributed by atoms with Crippen molar-refractivity contribution in [3.63, 3.8) is 0 Å². The molecule has 0 amide bonds. The number of anilines is 1. The summed E-state index contributed by atoms with van der Waals surface area (Å²) in [5.74, 6) is -0.155. The number of rotatable bonds is 1. The van der Waals surface area contributed by atoms with Crippen molar-refractivity contribution in [1.29, 1.82) is 0 Å². The molecule has 0 fully saturated rings. The van der Waals surface area contributed by atoms with Crippen LogP contribution in [0.4, 0.5) is 23.6 Å². The van der Waals surface area contributed by atoms with Crippen molar-refractivity contribution in [3.8, 4) is 0 Å². The van der Waals surface area contributed by atoms with Crippen LogP contribution in [-0.4, -0.2) is 28.5 Å². The number of nitrogens with zero attached hydrogens (tertiary/aromatic N) is 2. The van der Waals surface area contributed by atoms with Gasteiger partial charge in [-0.05, 0) is 26.8 Å². The number of hydrogen-bond acceptors (Lipinski definition) is 4. The summed E-state index contributed by atoms with van der Waals surface area (Å²) in [7, 11) is 0. The number of fused-ring (bicyclic) bond motifs is 1. The fourth-order valence-corrected chi connectivity index (χ4v) is 1.81. The molecule has 114 valence electrons. The zero-order chi connectivity index (χ0) is 16.0. The number of carbonyl (C=O) groups is 1. The van der Waals surface area contributed by atoms with Crippen molar-refractivity contribution in [2.75, 3.05) is 5.73 Å². The maximum atomic E-state index is 12.7. The second-order valence-electron chi connectivity index (χ2n) is 5.63. The van der Waals surface area contributed by atoms with E-state index >= 15 is 0 Å². The van der Waals surface area contributed by atoms with Gasteiger partial charge in [-0.2, -0.15) is 4.68 Å². The molecule has 10 heteroatoms. The molecule has 2 rings (SSSR count). The van der Waals surface area contributed by atoms with Crippen LogP contribution in [0.5, 0.6) is 0 Å². The van der Waals surface area contributed by atoms with Gasteiger partial charge in [0.15, 0.2) is 5.82 Å². The molecule has 1 aromatic heterocycles. The fraction of sp³-hybridized carbons (Fsp3) is 0.333. The minimum absolute atomic E-state index is 0. The van der Waals surface area contributed by atoms with Gasteiger partial charge < -0.3 is 23.4 Å². The predicted octanol–water partition coefficient (Wildman–Crippen LogP) is -0.540. The van der Waals surface area contributed by atoms with E-state index < -0.39 is 24.1 Å². The normalized spacial score (nSPS) is 12.1. The van der Waals surface area contributed by atoms with Crippen molar-refractivity contribution in [2.45, 2.75) is 26.4 Å². The maximum absolute atomic E-state index is 12.7. The molecule has 5 nitrogen and oxygen atoms in total. The van der Waals surface area contributed by atoms with Gasteiger partial charge in [-0.1, -0.05) is 12.1 Å². The number of nitrogens with two attached hydrogens (primary N) is 1. The number of aromatic nitrogens is 2. The number of nitrogen functional groups attached to an aromatic ring is 1. The molecule has 0 bridgehead atoms. The first-order valence-electron chi connectivity index (χ1n) is 6.20. The van der Waals surface area contributed by atoms with Gasteiger partial charge in [0.2, 0.25) is 0 Å². The predicted molar refractivity (Wildman–Crippen MR) is 74.5 cm³/mol. The van der Waals surface area contributed by atoms with Crippen LogP contribution in [0.25, 0.3) is 10.9 Å². The van der Waals surface area contributed by atoms with Gasteiger partial charge in [-0.25, -0.2) is 4.79 Å². The molecule has 0 unspecified atom stereocenters. The summed E-state index contributed by atoms with van der Waals surface area (Å²) in [6, 6.07) is 2.94. The zero-order valence-corrected chi connectivity index (χ0v) is 15.9. The molecule has 1 heterocycles. The number of ether oxygens (including phenoxy) is 1. The second-order valence-corrected chi connectivity index (χ2v) is 5.63. The van der Waals surface area contributed by atoms with Gasteiger partial charge >= 0.3 is 64.5 Å². The Hall–Kier alpha value is -0.549. The van der Waals surface area contributed by atoms with E-state index in [9.17, 15) is 17.7 Å². The minimum Gasteiger partial charge on any atom is -0.445 e. The Balaban J connectivity index is 0.00000242. The average molecular weight is 339 g/mol. The van der Waals surface area contributed by atoms with Crippen LogP contribution in [-0.2, 0) is 4.74 Å². The summed E-state index contributed by atoms with van der Waals surface area (Å²) in [6.07, 6.45) is -0.797. The number of benzene rings is 1. The molecule has 0 spiro atoms. The number of hydrogen-bond donors (Lipinski definition) is 1. The maximum Gasteiger partial charge on any atom is 1.00 e. The molecule has 0 aliphatic rings. The van der Waals surface area contributed by atoms with Gasteiger partial charge in [0.25, 0.3) is 0 Å². The molecule has 0 aliphatic carbocycles. The largest absolute Gasteiger partial charge is 1.00 e. The molecule has 0 saturated heterocycles. The zero-order valence-electron chi connectivity index (χ0n) is 12.7. The van der Waals surface area contributed by atoms with E-state index in [1.807, 2.05) is 0 Å². The van der Waals surface area contributed by atoms with Crippen LogP contribution in [0.1, 0.15) is 20.8 Å². The van der Waals surface area contributed by atoms with E-state index in [4.69, 9.17) is 10.5 Å². The first-order valence-corrected chi connectivity index (χ1v) is 6.20. The molecule has 22 heavy (non-hydrogen) atoms. The van der Waals surface area contributed by atoms with E-state index in [2.05, 4.69) is 5.10 Å². The Labute approximate surface area is 167 Å². The topological polar surface area (TPSA) is 70.1 Å². The monoisotopic (exact) mass is 339 g/mol.